The van der Waals surface area contributed by atoms with E-state index >= 15 is 0 Å². The van der Waals surface area contributed by atoms with Crippen LogP contribution in [0.1, 0.15) is 5.56 Å². The van der Waals surface area contributed by atoms with Gasteiger partial charge in [-0.15, -0.1) is 0 Å². The fourth-order valence-electron chi connectivity index (χ4n) is 7.57. The van der Waals surface area contributed by atoms with Crippen LogP contribution < -0.4 is 0 Å². The van der Waals surface area contributed by atoms with E-state index in [-0.39, 0.29) is 0 Å². The number of rotatable bonds is 3. The lowest BCUT2D eigenvalue weighted by molar-refractivity contribution is 1.05. The smallest absolute Gasteiger partial charge is 0.214 e. The van der Waals surface area contributed by atoms with Gasteiger partial charge in [0.05, 0.1) is 73.3 Å². The Morgan fingerprint density at radius 1 is 0.531 bits per heavy atom. The van der Waals surface area contributed by atoms with Gasteiger partial charge in [0.1, 0.15) is 6.07 Å². The highest BCUT2D eigenvalue weighted by Gasteiger charge is 2.29. The van der Waals surface area contributed by atoms with Crippen LogP contribution in [0.15, 0.2) is 134 Å². The molecule has 6 aromatic heterocycles. The van der Waals surface area contributed by atoms with E-state index in [1.807, 2.05) is 72.9 Å². The zero-order valence-electron chi connectivity index (χ0n) is 25.8. The van der Waals surface area contributed by atoms with E-state index in [2.05, 4.69) is 66.0 Å². The molecule has 10 rings (SSSR count). The van der Waals surface area contributed by atoms with E-state index in [0.29, 0.717) is 28.3 Å². The van der Waals surface area contributed by atoms with Gasteiger partial charge >= 0.3 is 0 Å². The van der Waals surface area contributed by atoms with Gasteiger partial charge in [0, 0.05) is 46.3 Å². The van der Waals surface area contributed by atoms with Crippen molar-refractivity contribution in [2.75, 3.05) is 0 Å². The van der Waals surface area contributed by atoms with Gasteiger partial charge in [-0.3, -0.25) is 15.0 Å². The first kappa shape index (κ1) is 26.9. The minimum Gasteiger partial charge on any atom is -0.315 e. The highest BCUT2D eigenvalue weighted by atomic mass is 15.1. The van der Waals surface area contributed by atoms with Gasteiger partial charge in [-0.05, 0) is 54.6 Å². The largest absolute Gasteiger partial charge is 0.315 e. The monoisotopic (exact) mass is 626 g/mol. The molecule has 0 unspecified atom stereocenters. The summed E-state index contributed by atoms with van der Waals surface area (Å²) in [5.41, 5.74) is 9.73. The molecule has 0 aliphatic rings. The topological polar surface area (TPSA) is 81.6 Å². The average molecular weight is 627 g/mol. The first-order valence-electron chi connectivity index (χ1n) is 15.8. The molecule has 8 heteroatoms. The number of nitrogens with zero attached hydrogens (tertiary/aromatic N) is 8. The number of fused-ring (bicyclic) bond motifs is 9. The van der Waals surface area contributed by atoms with Crippen molar-refractivity contribution >= 4 is 71.4 Å². The zero-order valence-corrected chi connectivity index (χ0v) is 25.8. The highest BCUT2D eigenvalue weighted by Crippen LogP contribution is 2.46. The van der Waals surface area contributed by atoms with Gasteiger partial charge in [0.15, 0.2) is 0 Å². The number of pyridine rings is 3. The summed E-state index contributed by atoms with van der Waals surface area (Å²) in [6, 6.07) is 38.6. The maximum atomic E-state index is 11.0. The summed E-state index contributed by atoms with van der Waals surface area (Å²) >= 11 is 0. The van der Waals surface area contributed by atoms with Crippen LogP contribution in [-0.2, 0) is 0 Å². The van der Waals surface area contributed by atoms with Crippen molar-refractivity contribution in [3.63, 3.8) is 0 Å². The third kappa shape index (κ3) is 3.57. The summed E-state index contributed by atoms with van der Waals surface area (Å²) in [5, 5.41) is 14.9. The minimum absolute atomic E-state index is 0.348. The Bertz CT molecular complexity index is 2780. The van der Waals surface area contributed by atoms with Gasteiger partial charge in [0.2, 0.25) is 5.69 Å². The van der Waals surface area contributed by atoms with Gasteiger partial charge < -0.3 is 13.7 Å². The highest BCUT2D eigenvalue weighted by molar-refractivity contribution is 6.13. The lowest BCUT2D eigenvalue weighted by Gasteiger charge is -2.24. The molecule has 0 N–H and O–H groups in total. The molecule has 49 heavy (non-hydrogen) atoms. The number of para-hydroxylation sites is 3. The van der Waals surface area contributed by atoms with Crippen LogP contribution in [0, 0.1) is 17.9 Å². The van der Waals surface area contributed by atoms with Crippen molar-refractivity contribution in [1.29, 1.82) is 5.26 Å². The quantitative estimate of drug-likeness (QED) is 0.183. The molecule has 10 aromatic rings. The first-order valence-corrected chi connectivity index (χ1v) is 15.8. The normalized spacial score (nSPS) is 11.6. The van der Waals surface area contributed by atoms with Crippen molar-refractivity contribution < 1.29 is 0 Å². The van der Waals surface area contributed by atoms with Crippen LogP contribution in [0.3, 0.4) is 0 Å². The Kier molecular flexibility index (Phi) is 5.54. The Labute approximate surface area is 278 Å². The molecule has 226 valence electrons. The Morgan fingerprint density at radius 3 is 1.65 bits per heavy atom. The van der Waals surface area contributed by atoms with Crippen LogP contribution in [0.2, 0.25) is 0 Å². The van der Waals surface area contributed by atoms with Gasteiger partial charge in [-0.25, -0.2) is 4.85 Å². The fraction of sp³-hybridized carbons (Fsp3) is 0. The van der Waals surface area contributed by atoms with E-state index in [4.69, 9.17) is 16.5 Å². The van der Waals surface area contributed by atoms with Crippen molar-refractivity contribution in [1.82, 2.24) is 28.7 Å². The molecule has 0 saturated heterocycles. The summed E-state index contributed by atoms with van der Waals surface area (Å²) < 4.78 is 6.47. The molecule has 0 aliphatic heterocycles. The van der Waals surface area contributed by atoms with Crippen LogP contribution in [0.5, 0.6) is 0 Å². The summed E-state index contributed by atoms with van der Waals surface area (Å²) in [5.74, 6) is 0. The maximum absolute atomic E-state index is 11.0. The Morgan fingerprint density at radius 2 is 1.04 bits per heavy atom. The average Bonchev–Trinajstić information content (AvgIpc) is 3.80. The van der Waals surface area contributed by atoms with Gasteiger partial charge in [0.25, 0.3) is 0 Å². The molecule has 0 fully saturated rings. The molecule has 0 bridgehead atoms. The third-order valence-corrected chi connectivity index (χ3v) is 9.47. The molecular weight excluding hydrogens is 605 g/mol. The second kappa shape index (κ2) is 10.1. The molecule has 0 aliphatic carbocycles. The molecule has 0 amide bonds. The second-order valence-electron chi connectivity index (χ2n) is 11.9. The van der Waals surface area contributed by atoms with Crippen molar-refractivity contribution in [2.24, 2.45) is 0 Å². The predicted octanol–water partition coefficient (Wildman–Crippen LogP) is 9.59. The molecular formula is C41H22N8. The molecule has 0 saturated carbocycles. The Hall–Kier alpha value is -7.29. The summed E-state index contributed by atoms with van der Waals surface area (Å²) in [6.45, 7) is 8.58. The second-order valence-corrected chi connectivity index (χ2v) is 11.9. The van der Waals surface area contributed by atoms with Gasteiger partial charge in [-0.2, -0.15) is 5.26 Å². The van der Waals surface area contributed by atoms with Crippen molar-refractivity contribution in [3.05, 3.63) is 151 Å². The summed E-state index contributed by atoms with van der Waals surface area (Å²) in [4.78, 5) is 18.3. The molecule has 4 aromatic carbocycles. The maximum Gasteiger partial charge on any atom is 0.214 e. The van der Waals surface area contributed by atoms with Crippen LogP contribution in [0.25, 0.3) is 87.6 Å². The Balaban J connectivity index is 1.54. The first-order chi connectivity index (χ1) is 24.3. The van der Waals surface area contributed by atoms with Crippen LogP contribution in [-0.4, -0.2) is 28.7 Å². The minimum atomic E-state index is 0.348. The molecule has 0 atom stereocenters. The lowest BCUT2D eigenvalue weighted by Crippen LogP contribution is -2.11. The van der Waals surface area contributed by atoms with E-state index in [0.717, 1.165) is 65.7 Å². The van der Waals surface area contributed by atoms with E-state index < -0.39 is 0 Å². The van der Waals surface area contributed by atoms with E-state index in [1.165, 1.54) is 0 Å². The SMILES string of the molecule is [C-]#[N+]c1cc(C#N)c(-n2c3ccccc3c3ncccc32)c(-n2c3ccccc3c3cnccc32)c1-n1c2ccccc2c2ncccc21. The number of benzene rings is 4. The lowest BCUT2D eigenvalue weighted by atomic mass is 10.1. The zero-order chi connectivity index (χ0) is 32.6. The number of hydrogen-bond acceptors (Lipinski definition) is 4. The summed E-state index contributed by atoms with van der Waals surface area (Å²) in [7, 11) is 0. The standard InChI is InChI=1S/C41H22N8/c1-43-30-22-25(23-42)39(48-32-14-6-3-11-27(32)37-35(48)16-8-19-45-37)41(47-31-13-5-2-10-26(31)29-24-44-21-18-34(29)47)40(30)49-33-15-7-4-12-28(33)38-36(49)17-9-20-46-38/h2-22,24H. The van der Waals surface area contributed by atoms with Crippen LogP contribution >= 0.6 is 0 Å². The third-order valence-electron chi connectivity index (χ3n) is 9.47. The van der Waals surface area contributed by atoms with Crippen molar-refractivity contribution in [3.8, 4) is 23.1 Å². The number of nitriles is 1. The van der Waals surface area contributed by atoms with Crippen molar-refractivity contribution in [2.45, 2.75) is 0 Å². The fourth-order valence-corrected chi connectivity index (χ4v) is 7.57. The molecule has 8 nitrogen and oxygen atoms in total. The van der Waals surface area contributed by atoms with E-state index in [1.54, 1.807) is 24.7 Å². The number of aromatic nitrogens is 6. The number of hydrogen-bond donors (Lipinski definition) is 0. The molecule has 6 heterocycles. The summed E-state index contributed by atoms with van der Waals surface area (Å²) in [6.07, 6.45) is 7.26. The van der Waals surface area contributed by atoms with E-state index in [9.17, 15) is 5.26 Å². The predicted molar refractivity (Wildman–Crippen MR) is 194 cm³/mol. The van der Waals surface area contributed by atoms with Crippen LogP contribution in [0.4, 0.5) is 5.69 Å². The molecule has 0 radical (unpaired) electrons. The molecule has 0 spiro atoms. The van der Waals surface area contributed by atoms with Gasteiger partial charge in [-0.1, -0.05) is 54.6 Å².